The Kier molecular flexibility index (Phi) is 6.16. The van der Waals surface area contributed by atoms with E-state index in [-0.39, 0.29) is 18.2 Å². The lowest BCUT2D eigenvalue weighted by Crippen LogP contribution is -2.32. The van der Waals surface area contributed by atoms with Crippen LogP contribution in [0, 0.1) is 13.8 Å². The minimum atomic E-state index is -4.46. The minimum absolute atomic E-state index is 0.0887. The first-order chi connectivity index (χ1) is 13.5. The van der Waals surface area contributed by atoms with Crippen molar-refractivity contribution in [2.45, 2.75) is 31.8 Å². The molecule has 0 aliphatic carbocycles. The average molecular weight is 444 g/mol. The maximum Gasteiger partial charge on any atom is 0.416 e. The van der Waals surface area contributed by atoms with Gasteiger partial charge in [-0.3, -0.25) is 4.68 Å². The molecular weight excluding hydrogens is 423 g/mol. The number of hydrogen-bond acceptors (Lipinski definition) is 4. The molecule has 10 heteroatoms. The minimum Gasteiger partial charge on any atom is -0.260 e. The van der Waals surface area contributed by atoms with Crippen LogP contribution in [-0.4, -0.2) is 24.7 Å². The molecule has 0 bridgehead atoms. The van der Waals surface area contributed by atoms with Crippen molar-refractivity contribution < 1.29 is 21.6 Å². The summed E-state index contributed by atoms with van der Waals surface area (Å²) in [4.78, 5) is 0.952. The van der Waals surface area contributed by atoms with Crippen LogP contribution in [0.25, 0.3) is 0 Å². The molecule has 1 aromatic carbocycles. The van der Waals surface area contributed by atoms with Crippen molar-refractivity contribution >= 4 is 21.4 Å². The van der Waals surface area contributed by atoms with Crippen molar-refractivity contribution in [2.75, 3.05) is 6.54 Å². The van der Waals surface area contributed by atoms with Gasteiger partial charge in [-0.15, -0.1) is 11.3 Å². The van der Waals surface area contributed by atoms with E-state index in [9.17, 15) is 21.6 Å². The highest BCUT2D eigenvalue weighted by Crippen LogP contribution is 2.29. The zero-order valence-electron chi connectivity index (χ0n) is 15.8. The fourth-order valence-corrected chi connectivity index (χ4v) is 4.97. The maximum atomic E-state index is 12.7. The molecule has 1 N–H and O–H groups in total. The van der Waals surface area contributed by atoms with E-state index in [0.717, 1.165) is 28.4 Å². The molecule has 3 aromatic rings. The Hall–Kier alpha value is -2.17. The molecule has 0 aliphatic rings. The lowest BCUT2D eigenvalue weighted by atomic mass is 10.1. The number of aryl methyl sites for hydroxylation is 2. The molecule has 0 aliphatic heterocycles. The average Bonchev–Trinajstić information content (AvgIpc) is 3.25. The number of alkyl halides is 3. The molecule has 156 valence electrons. The molecular formula is C19H20F3N3O2S2. The third-order valence-corrected chi connectivity index (χ3v) is 6.64. The van der Waals surface area contributed by atoms with Crippen molar-refractivity contribution in [1.82, 2.24) is 14.5 Å². The predicted molar refractivity (Wildman–Crippen MR) is 106 cm³/mol. The summed E-state index contributed by atoms with van der Waals surface area (Å²) in [7, 11) is -3.75. The van der Waals surface area contributed by atoms with Gasteiger partial charge in [0, 0.05) is 17.1 Å². The topological polar surface area (TPSA) is 64.0 Å². The first-order valence-electron chi connectivity index (χ1n) is 8.75. The second-order valence-electron chi connectivity index (χ2n) is 6.71. The molecule has 0 saturated heterocycles. The molecule has 0 saturated carbocycles. The Balaban J connectivity index is 1.74. The highest BCUT2D eigenvalue weighted by atomic mass is 32.2. The smallest absolute Gasteiger partial charge is 0.260 e. The van der Waals surface area contributed by atoms with E-state index in [1.807, 2.05) is 37.4 Å². The molecule has 1 atom stereocenters. The molecule has 0 spiro atoms. The Morgan fingerprint density at radius 2 is 1.86 bits per heavy atom. The van der Waals surface area contributed by atoms with Gasteiger partial charge in [-0.1, -0.05) is 18.2 Å². The number of nitrogens with zero attached hydrogens (tertiary/aromatic N) is 2. The molecule has 5 nitrogen and oxygen atoms in total. The van der Waals surface area contributed by atoms with Crippen LogP contribution >= 0.6 is 11.3 Å². The third kappa shape index (κ3) is 5.46. The SMILES string of the molecule is Cc1cc(C)n(C(CNS(=O)(=O)Cc2ccc(C(F)(F)F)cc2)c2cccs2)n1. The number of aromatic nitrogens is 2. The summed E-state index contributed by atoms with van der Waals surface area (Å²) in [6, 6.07) is 9.53. The Labute approximate surface area is 171 Å². The molecule has 1 unspecified atom stereocenters. The van der Waals surface area contributed by atoms with Crippen molar-refractivity contribution in [3.05, 3.63) is 75.2 Å². The normalized spacial score (nSPS) is 13.6. The number of halogens is 3. The van der Waals surface area contributed by atoms with Crippen LogP contribution in [0.15, 0.2) is 47.8 Å². The summed E-state index contributed by atoms with van der Waals surface area (Å²) in [5.41, 5.74) is 1.21. The summed E-state index contributed by atoms with van der Waals surface area (Å²) in [6.07, 6.45) is -4.46. The predicted octanol–water partition coefficient (Wildman–Crippen LogP) is 4.29. The summed E-state index contributed by atoms with van der Waals surface area (Å²) in [5, 5.41) is 6.37. The van der Waals surface area contributed by atoms with Crippen LogP contribution in [-0.2, 0) is 22.0 Å². The fraction of sp³-hybridized carbons (Fsp3) is 0.316. The van der Waals surface area contributed by atoms with Crippen LogP contribution in [0.2, 0.25) is 0 Å². The molecule has 0 fully saturated rings. The van der Waals surface area contributed by atoms with Gasteiger partial charge in [0.15, 0.2) is 0 Å². The largest absolute Gasteiger partial charge is 0.416 e. The number of benzene rings is 1. The van der Waals surface area contributed by atoms with Gasteiger partial charge in [0.1, 0.15) is 0 Å². The Bertz CT molecular complexity index is 1060. The van der Waals surface area contributed by atoms with Crippen LogP contribution in [0.1, 0.15) is 33.4 Å². The quantitative estimate of drug-likeness (QED) is 0.593. The number of thiophene rings is 1. The molecule has 29 heavy (non-hydrogen) atoms. The van der Waals surface area contributed by atoms with Crippen molar-refractivity contribution in [3.8, 4) is 0 Å². The summed E-state index contributed by atoms with van der Waals surface area (Å²) < 4.78 is 67.4. The second kappa shape index (κ2) is 8.29. The number of rotatable bonds is 7. The zero-order valence-corrected chi connectivity index (χ0v) is 17.4. The monoisotopic (exact) mass is 443 g/mol. The summed E-state index contributed by atoms with van der Waals surface area (Å²) in [6.45, 7) is 3.85. The molecule has 3 rings (SSSR count). The van der Waals surface area contributed by atoms with Crippen LogP contribution in [0.4, 0.5) is 13.2 Å². The van der Waals surface area contributed by atoms with Crippen LogP contribution in [0.3, 0.4) is 0 Å². The highest BCUT2D eigenvalue weighted by molar-refractivity contribution is 7.88. The van der Waals surface area contributed by atoms with Gasteiger partial charge in [0.25, 0.3) is 0 Å². The first-order valence-corrected chi connectivity index (χ1v) is 11.3. The van der Waals surface area contributed by atoms with Gasteiger partial charge in [0.2, 0.25) is 10.0 Å². The molecule has 0 radical (unpaired) electrons. The molecule has 0 amide bonds. The maximum absolute atomic E-state index is 12.7. The van der Waals surface area contributed by atoms with Gasteiger partial charge in [0.05, 0.1) is 23.1 Å². The number of nitrogens with one attached hydrogen (secondary N) is 1. The van der Waals surface area contributed by atoms with Gasteiger partial charge >= 0.3 is 6.18 Å². The van der Waals surface area contributed by atoms with Crippen molar-refractivity contribution in [1.29, 1.82) is 0 Å². The van der Waals surface area contributed by atoms with E-state index in [1.54, 1.807) is 4.68 Å². The van der Waals surface area contributed by atoms with Gasteiger partial charge in [-0.2, -0.15) is 18.3 Å². The van der Waals surface area contributed by atoms with Crippen molar-refractivity contribution in [3.63, 3.8) is 0 Å². The van der Waals surface area contributed by atoms with Gasteiger partial charge < -0.3 is 0 Å². The van der Waals surface area contributed by atoms with Gasteiger partial charge in [-0.25, -0.2) is 13.1 Å². The number of sulfonamides is 1. The third-order valence-electron chi connectivity index (χ3n) is 4.35. The summed E-state index contributed by atoms with van der Waals surface area (Å²) >= 11 is 1.50. The molecule has 2 heterocycles. The van der Waals surface area contributed by atoms with Crippen LogP contribution < -0.4 is 4.72 Å². The molecule has 2 aromatic heterocycles. The van der Waals surface area contributed by atoms with E-state index in [0.29, 0.717) is 0 Å². The Morgan fingerprint density at radius 3 is 2.38 bits per heavy atom. The van der Waals surface area contributed by atoms with E-state index in [1.165, 1.54) is 23.5 Å². The van der Waals surface area contributed by atoms with Crippen LogP contribution in [0.5, 0.6) is 0 Å². The van der Waals surface area contributed by atoms with E-state index in [4.69, 9.17) is 0 Å². The van der Waals surface area contributed by atoms with E-state index >= 15 is 0 Å². The second-order valence-corrected chi connectivity index (χ2v) is 9.49. The van der Waals surface area contributed by atoms with Crippen molar-refractivity contribution in [2.24, 2.45) is 0 Å². The van der Waals surface area contributed by atoms with E-state index in [2.05, 4.69) is 9.82 Å². The Morgan fingerprint density at radius 1 is 1.17 bits per heavy atom. The zero-order chi connectivity index (χ0) is 21.2. The highest BCUT2D eigenvalue weighted by Gasteiger charge is 2.30. The lowest BCUT2D eigenvalue weighted by Gasteiger charge is -2.19. The number of hydrogen-bond donors (Lipinski definition) is 1. The standard InChI is InChI=1S/C19H20F3N3O2S2/c1-13-10-14(2)25(24-13)17(18-4-3-9-28-18)11-23-29(26,27)12-15-5-7-16(8-6-15)19(20,21)22/h3-10,17,23H,11-12H2,1-2H3. The van der Waals surface area contributed by atoms with Gasteiger partial charge in [-0.05, 0) is 49.1 Å². The van der Waals surface area contributed by atoms with E-state index < -0.39 is 27.5 Å². The fourth-order valence-electron chi connectivity index (χ4n) is 3.02. The first kappa shape index (κ1) is 21.5. The lowest BCUT2D eigenvalue weighted by molar-refractivity contribution is -0.137. The summed E-state index contributed by atoms with van der Waals surface area (Å²) in [5.74, 6) is -0.403.